The largest absolute Gasteiger partial charge is 0.496 e. The molecule has 0 fully saturated rings. The zero-order chi connectivity index (χ0) is 24.5. The van der Waals surface area contributed by atoms with Crippen LogP contribution in [0.3, 0.4) is 0 Å². The molecule has 3 aromatic rings. The summed E-state index contributed by atoms with van der Waals surface area (Å²) in [5.74, 6) is -0.298. The minimum atomic E-state index is -0.386. The Morgan fingerprint density at radius 2 is 1.71 bits per heavy atom. The van der Waals surface area contributed by atoms with Gasteiger partial charge in [-0.1, -0.05) is 12.1 Å². The minimum Gasteiger partial charge on any atom is -0.496 e. The highest BCUT2D eigenvalue weighted by atomic mass is 16.5. The van der Waals surface area contributed by atoms with Crippen LogP contribution in [0.25, 0.3) is 11.3 Å². The number of benzene rings is 2. The lowest BCUT2D eigenvalue weighted by Gasteiger charge is -2.10. The van der Waals surface area contributed by atoms with Crippen molar-refractivity contribution in [1.29, 1.82) is 0 Å². The molecular formula is C24H25N5O5. The maximum atomic E-state index is 12.4. The van der Waals surface area contributed by atoms with Crippen molar-refractivity contribution in [3.8, 4) is 17.0 Å². The fourth-order valence-electron chi connectivity index (χ4n) is 3.15. The van der Waals surface area contributed by atoms with Gasteiger partial charge in [0.15, 0.2) is 0 Å². The van der Waals surface area contributed by atoms with Crippen LogP contribution in [0.2, 0.25) is 0 Å². The summed E-state index contributed by atoms with van der Waals surface area (Å²) < 4.78 is 6.49. The standard InChI is InChI=1S/C24H25N5O5/c1-16(30)28-18-9-7-17(8-10-18)24(33)26-12-11-25-22(31)14-29-15-27-20(13-23(29)32)19-5-3-4-6-21(19)34-2/h3-10,13,15H,11-12,14H2,1-2H3,(H,25,31)(H,26,33)(H,28,30). The molecule has 0 atom stereocenters. The summed E-state index contributed by atoms with van der Waals surface area (Å²) in [4.78, 5) is 52.1. The molecule has 1 heterocycles. The maximum Gasteiger partial charge on any atom is 0.254 e. The minimum absolute atomic E-state index is 0.191. The van der Waals surface area contributed by atoms with E-state index in [1.165, 1.54) is 31.0 Å². The number of aromatic nitrogens is 2. The number of carbonyl (C=O) groups excluding carboxylic acids is 3. The van der Waals surface area contributed by atoms with Crippen molar-refractivity contribution >= 4 is 23.4 Å². The average Bonchev–Trinajstić information content (AvgIpc) is 2.83. The smallest absolute Gasteiger partial charge is 0.254 e. The molecule has 3 amide bonds. The van der Waals surface area contributed by atoms with Gasteiger partial charge in [0.1, 0.15) is 12.3 Å². The molecular weight excluding hydrogens is 438 g/mol. The topological polar surface area (TPSA) is 131 Å². The fourth-order valence-corrected chi connectivity index (χ4v) is 3.15. The van der Waals surface area contributed by atoms with Gasteiger partial charge in [0.2, 0.25) is 11.8 Å². The number of anilines is 1. The van der Waals surface area contributed by atoms with Crippen molar-refractivity contribution in [2.24, 2.45) is 0 Å². The molecule has 1 aromatic heterocycles. The van der Waals surface area contributed by atoms with Gasteiger partial charge in [0.25, 0.3) is 11.5 Å². The Labute approximate surface area is 196 Å². The Morgan fingerprint density at radius 1 is 1.00 bits per heavy atom. The molecule has 176 valence electrons. The van der Waals surface area contributed by atoms with Crippen LogP contribution in [0.5, 0.6) is 5.75 Å². The highest BCUT2D eigenvalue weighted by Gasteiger charge is 2.10. The third-order valence-electron chi connectivity index (χ3n) is 4.78. The number of rotatable bonds is 9. The molecule has 0 radical (unpaired) electrons. The van der Waals surface area contributed by atoms with Gasteiger partial charge in [0, 0.05) is 42.9 Å². The number of hydrogen-bond donors (Lipinski definition) is 3. The lowest BCUT2D eigenvalue weighted by molar-refractivity contribution is -0.121. The van der Waals surface area contributed by atoms with E-state index in [9.17, 15) is 19.2 Å². The monoisotopic (exact) mass is 463 g/mol. The van der Waals surface area contributed by atoms with E-state index in [1.807, 2.05) is 12.1 Å². The zero-order valence-corrected chi connectivity index (χ0v) is 18.8. The first-order valence-corrected chi connectivity index (χ1v) is 10.5. The van der Waals surface area contributed by atoms with E-state index in [2.05, 4.69) is 20.9 Å². The van der Waals surface area contributed by atoms with Crippen LogP contribution in [0.4, 0.5) is 5.69 Å². The third-order valence-corrected chi connectivity index (χ3v) is 4.78. The predicted molar refractivity (Wildman–Crippen MR) is 127 cm³/mol. The zero-order valence-electron chi connectivity index (χ0n) is 18.8. The van der Waals surface area contributed by atoms with Gasteiger partial charge in [0.05, 0.1) is 19.1 Å². The number of nitrogens with one attached hydrogen (secondary N) is 3. The SMILES string of the molecule is COc1ccccc1-c1cc(=O)n(CC(=O)NCCNC(=O)c2ccc(NC(C)=O)cc2)cn1. The molecule has 34 heavy (non-hydrogen) atoms. The molecule has 0 aliphatic rings. The molecule has 2 aromatic carbocycles. The molecule has 0 saturated heterocycles. The van der Waals surface area contributed by atoms with Crippen LogP contribution in [0.1, 0.15) is 17.3 Å². The van der Waals surface area contributed by atoms with Crippen molar-refractivity contribution in [1.82, 2.24) is 20.2 Å². The second-order valence-corrected chi connectivity index (χ2v) is 7.30. The summed E-state index contributed by atoms with van der Waals surface area (Å²) >= 11 is 0. The third kappa shape index (κ3) is 6.52. The number of carbonyl (C=O) groups is 3. The second kappa shape index (κ2) is 11.4. The van der Waals surface area contributed by atoms with Gasteiger partial charge in [-0.25, -0.2) is 4.98 Å². The Bertz CT molecular complexity index is 1240. The van der Waals surface area contributed by atoms with Gasteiger partial charge in [-0.15, -0.1) is 0 Å². The van der Waals surface area contributed by atoms with Crippen LogP contribution in [-0.4, -0.2) is 47.5 Å². The highest BCUT2D eigenvalue weighted by Crippen LogP contribution is 2.26. The van der Waals surface area contributed by atoms with Crippen molar-refractivity contribution in [3.63, 3.8) is 0 Å². The Morgan fingerprint density at radius 3 is 2.38 bits per heavy atom. The number of para-hydroxylation sites is 1. The molecule has 0 aliphatic heterocycles. The van der Waals surface area contributed by atoms with Gasteiger partial charge < -0.3 is 20.7 Å². The first-order chi connectivity index (χ1) is 16.4. The van der Waals surface area contributed by atoms with E-state index >= 15 is 0 Å². The highest BCUT2D eigenvalue weighted by molar-refractivity contribution is 5.95. The molecule has 10 nitrogen and oxygen atoms in total. The van der Waals surface area contributed by atoms with Gasteiger partial charge >= 0.3 is 0 Å². The van der Waals surface area contributed by atoms with Gasteiger partial charge in [-0.2, -0.15) is 0 Å². The summed E-state index contributed by atoms with van der Waals surface area (Å²) in [6, 6.07) is 15.0. The average molecular weight is 463 g/mol. The van der Waals surface area contributed by atoms with Gasteiger partial charge in [-0.05, 0) is 36.4 Å². The molecule has 0 aliphatic carbocycles. The van der Waals surface area contributed by atoms with Gasteiger partial charge in [-0.3, -0.25) is 23.7 Å². The molecule has 0 unspecified atom stereocenters. The number of methoxy groups -OCH3 is 1. The number of amides is 3. The summed E-state index contributed by atoms with van der Waals surface area (Å²) in [5, 5.41) is 7.97. The van der Waals surface area contributed by atoms with E-state index in [1.54, 1.807) is 36.4 Å². The fraction of sp³-hybridized carbons (Fsp3) is 0.208. The van der Waals surface area contributed by atoms with E-state index in [4.69, 9.17) is 4.74 Å². The molecule has 3 N–H and O–H groups in total. The first kappa shape index (κ1) is 24.2. The summed E-state index contributed by atoms with van der Waals surface area (Å²) in [6.45, 7) is 1.60. The van der Waals surface area contributed by atoms with E-state index < -0.39 is 0 Å². The van der Waals surface area contributed by atoms with Crippen molar-refractivity contribution in [2.75, 3.05) is 25.5 Å². The lowest BCUT2D eigenvalue weighted by atomic mass is 10.1. The molecule has 0 bridgehead atoms. The normalized spacial score (nSPS) is 10.3. The van der Waals surface area contributed by atoms with Crippen LogP contribution in [0, 0.1) is 0 Å². The molecule has 3 rings (SSSR count). The van der Waals surface area contributed by atoms with Crippen molar-refractivity contribution in [3.05, 3.63) is 76.8 Å². The van der Waals surface area contributed by atoms with Crippen LogP contribution in [0.15, 0.2) is 65.7 Å². The Hall–Kier alpha value is -4.47. The predicted octanol–water partition coefficient (Wildman–Crippen LogP) is 1.42. The maximum absolute atomic E-state index is 12.4. The van der Waals surface area contributed by atoms with Crippen molar-refractivity contribution in [2.45, 2.75) is 13.5 Å². The number of ether oxygens (including phenoxy) is 1. The summed E-state index contributed by atoms with van der Waals surface area (Å²) in [7, 11) is 1.54. The van der Waals surface area contributed by atoms with Crippen molar-refractivity contribution < 1.29 is 19.1 Å². The summed E-state index contributed by atoms with van der Waals surface area (Å²) in [6.07, 6.45) is 1.32. The quantitative estimate of drug-likeness (QED) is 0.412. The molecule has 0 saturated carbocycles. The lowest BCUT2D eigenvalue weighted by Crippen LogP contribution is -2.37. The number of nitrogens with zero attached hydrogens (tertiary/aromatic N) is 2. The van der Waals surface area contributed by atoms with Crippen LogP contribution < -0.4 is 26.2 Å². The Balaban J connectivity index is 1.47. The first-order valence-electron chi connectivity index (χ1n) is 10.5. The number of hydrogen-bond acceptors (Lipinski definition) is 6. The van der Waals surface area contributed by atoms with Crippen LogP contribution in [-0.2, 0) is 16.1 Å². The van der Waals surface area contributed by atoms with E-state index in [0.29, 0.717) is 28.3 Å². The second-order valence-electron chi connectivity index (χ2n) is 7.30. The van der Waals surface area contributed by atoms with Crippen LogP contribution >= 0.6 is 0 Å². The molecule has 10 heteroatoms. The van der Waals surface area contributed by atoms with E-state index in [-0.39, 0.29) is 42.9 Å². The summed E-state index contributed by atoms with van der Waals surface area (Å²) in [5.41, 5.74) is 1.78. The van der Waals surface area contributed by atoms with E-state index in [0.717, 1.165) is 0 Å². The Kier molecular flexibility index (Phi) is 8.11. The molecule has 0 spiro atoms.